The lowest BCUT2D eigenvalue weighted by Crippen LogP contribution is -2.33. The van der Waals surface area contributed by atoms with E-state index in [1.54, 1.807) is 0 Å². The predicted molar refractivity (Wildman–Crippen MR) is 155 cm³/mol. The molecule has 0 radical (unpaired) electrons. The first-order chi connectivity index (χ1) is 20.3. The third-order valence-corrected chi connectivity index (χ3v) is 6.78. The summed E-state index contributed by atoms with van der Waals surface area (Å²) in [4.78, 5) is 54.8. The first-order valence-corrected chi connectivity index (χ1v) is 13.9. The summed E-state index contributed by atoms with van der Waals surface area (Å²) in [6.07, 6.45) is 6.09. The molecule has 0 bridgehead atoms. The van der Waals surface area contributed by atoms with Crippen LogP contribution in [-0.4, -0.2) is 72.6 Å². The van der Waals surface area contributed by atoms with Crippen LogP contribution in [0.5, 0.6) is 0 Å². The molecule has 0 saturated heterocycles. The van der Waals surface area contributed by atoms with Gasteiger partial charge in [-0.25, -0.2) is 8.78 Å². The molecule has 2 amide bonds. The summed E-state index contributed by atoms with van der Waals surface area (Å²) in [5, 5.41) is 12.9. The number of benzene rings is 2. The molecule has 0 unspecified atom stereocenters. The summed E-state index contributed by atoms with van der Waals surface area (Å²) >= 11 is 0. The number of aromatic nitrogens is 2. The maximum absolute atomic E-state index is 13.3. The highest BCUT2D eigenvalue weighted by Crippen LogP contribution is 2.20. The van der Waals surface area contributed by atoms with Crippen molar-refractivity contribution < 1.29 is 28.0 Å². The Kier molecular flexibility index (Phi) is 10.9. The van der Waals surface area contributed by atoms with Crippen LogP contribution in [0, 0.1) is 11.6 Å². The quantitative estimate of drug-likeness (QED) is 0.0643. The molecule has 10 nitrogen and oxygen atoms in total. The van der Waals surface area contributed by atoms with Gasteiger partial charge in [0.05, 0.1) is 11.1 Å². The van der Waals surface area contributed by atoms with Crippen molar-refractivity contribution in [1.29, 1.82) is 0 Å². The SMILES string of the molecule is O=C(NCCCNCCCCNCCCNC(=O)C(=O)c1c[nH]c2cc(F)ccc12)C(=O)c1c[nH]c2cc(F)ccc12. The van der Waals surface area contributed by atoms with Gasteiger partial charge in [0.2, 0.25) is 0 Å². The van der Waals surface area contributed by atoms with E-state index in [1.807, 2.05) is 0 Å². The summed E-state index contributed by atoms with van der Waals surface area (Å²) < 4.78 is 26.6. The fourth-order valence-electron chi connectivity index (χ4n) is 4.56. The van der Waals surface area contributed by atoms with Gasteiger partial charge in [0.1, 0.15) is 11.6 Å². The highest BCUT2D eigenvalue weighted by atomic mass is 19.1. The van der Waals surface area contributed by atoms with Crippen molar-refractivity contribution in [2.24, 2.45) is 0 Å². The molecule has 0 spiro atoms. The highest BCUT2D eigenvalue weighted by molar-refractivity contribution is 6.45. The van der Waals surface area contributed by atoms with Crippen molar-refractivity contribution in [1.82, 2.24) is 31.2 Å². The second kappa shape index (κ2) is 15.0. The maximum atomic E-state index is 13.3. The Labute approximate surface area is 241 Å². The number of unbranched alkanes of at least 4 members (excludes halogenated alkanes) is 1. The Morgan fingerprint density at radius 1 is 0.571 bits per heavy atom. The first-order valence-electron chi connectivity index (χ1n) is 13.9. The van der Waals surface area contributed by atoms with Gasteiger partial charge in [-0.3, -0.25) is 19.2 Å². The van der Waals surface area contributed by atoms with Crippen LogP contribution in [0.15, 0.2) is 48.8 Å². The number of halogens is 2. The van der Waals surface area contributed by atoms with Gasteiger partial charge >= 0.3 is 0 Å². The van der Waals surface area contributed by atoms with Gasteiger partial charge in [-0.1, -0.05) is 0 Å². The molecule has 0 aliphatic carbocycles. The number of aromatic amines is 2. The number of ketones is 2. The molecular weight excluding hydrogens is 546 g/mol. The van der Waals surface area contributed by atoms with Gasteiger partial charge in [-0.2, -0.15) is 0 Å². The van der Waals surface area contributed by atoms with E-state index >= 15 is 0 Å². The minimum atomic E-state index is -0.690. The fourth-order valence-corrected chi connectivity index (χ4v) is 4.56. The normalized spacial score (nSPS) is 11.2. The van der Waals surface area contributed by atoms with Crippen molar-refractivity contribution in [3.8, 4) is 0 Å². The van der Waals surface area contributed by atoms with E-state index in [1.165, 1.54) is 48.8 Å². The predicted octanol–water partition coefficient (Wildman–Crippen LogP) is 2.97. The molecule has 0 aliphatic rings. The van der Waals surface area contributed by atoms with Crippen LogP contribution in [0.3, 0.4) is 0 Å². The van der Waals surface area contributed by atoms with Crippen molar-refractivity contribution in [3.05, 3.63) is 71.6 Å². The summed E-state index contributed by atoms with van der Waals surface area (Å²) in [7, 11) is 0. The molecule has 12 heteroatoms. The van der Waals surface area contributed by atoms with Gasteiger partial charge in [0.25, 0.3) is 23.4 Å². The molecule has 0 atom stereocenters. The van der Waals surface area contributed by atoms with E-state index in [0.717, 1.165) is 25.9 Å². The Morgan fingerprint density at radius 2 is 0.976 bits per heavy atom. The van der Waals surface area contributed by atoms with Gasteiger partial charge in [-0.15, -0.1) is 0 Å². The lowest BCUT2D eigenvalue weighted by atomic mass is 10.1. The zero-order valence-corrected chi connectivity index (χ0v) is 23.1. The number of rotatable bonds is 17. The van der Waals surface area contributed by atoms with Crippen LogP contribution in [0.1, 0.15) is 46.4 Å². The molecule has 42 heavy (non-hydrogen) atoms. The fraction of sp³-hybridized carbons (Fsp3) is 0.333. The molecule has 0 saturated carbocycles. The van der Waals surface area contributed by atoms with Gasteiger partial charge in [0.15, 0.2) is 0 Å². The molecule has 222 valence electrons. The van der Waals surface area contributed by atoms with E-state index in [2.05, 4.69) is 31.2 Å². The van der Waals surface area contributed by atoms with Crippen LogP contribution < -0.4 is 21.3 Å². The number of amides is 2. The lowest BCUT2D eigenvalue weighted by molar-refractivity contribution is -0.117. The monoisotopic (exact) mass is 580 g/mol. The minimum absolute atomic E-state index is 0.218. The number of H-pyrrole nitrogens is 2. The van der Waals surface area contributed by atoms with Gasteiger partial charge in [0, 0.05) is 47.3 Å². The zero-order valence-electron chi connectivity index (χ0n) is 23.1. The summed E-state index contributed by atoms with van der Waals surface area (Å²) in [5.74, 6) is -3.54. The Balaban J connectivity index is 0.972. The number of carbonyl (C=O) groups excluding carboxylic acids is 4. The summed E-state index contributed by atoms with van der Waals surface area (Å²) in [5.41, 5.74) is 1.36. The second-order valence-electron chi connectivity index (χ2n) is 9.87. The maximum Gasteiger partial charge on any atom is 0.292 e. The van der Waals surface area contributed by atoms with E-state index in [9.17, 15) is 28.0 Å². The van der Waals surface area contributed by atoms with Crippen molar-refractivity contribution in [3.63, 3.8) is 0 Å². The van der Waals surface area contributed by atoms with Crippen molar-refractivity contribution in [2.45, 2.75) is 25.7 Å². The van der Waals surface area contributed by atoms with Crippen molar-refractivity contribution >= 4 is 45.2 Å². The Bertz CT molecular complexity index is 1450. The third kappa shape index (κ3) is 8.08. The third-order valence-electron chi connectivity index (χ3n) is 6.78. The summed E-state index contributed by atoms with van der Waals surface area (Å²) in [6, 6.07) is 8.01. The van der Waals surface area contributed by atoms with Crippen LogP contribution in [0.25, 0.3) is 21.8 Å². The number of carbonyl (C=O) groups is 4. The zero-order chi connectivity index (χ0) is 29.9. The molecule has 4 aromatic rings. The molecule has 0 aliphatic heterocycles. The van der Waals surface area contributed by atoms with Crippen LogP contribution in [0.4, 0.5) is 8.78 Å². The number of hydrogen-bond acceptors (Lipinski definition) is 6. The first kappa shape index (κ1) is 30.5. The topological polar surface area (TPSA) is 148 Å². The Hall–Kier alpha value is -4.42. The molecule has 6 N–H and O–H groups in total. The largest absolute Gasteiger partial charge is 0.360 e. The van der Waals surface area contributed by atoms with Crippen molar-refractivity contribution in [2.75, 3.05) is 39.3 Å². The van der Waals surface area contributed by atoms with E-state index in [-0.39, 0.29) is 11.1 Å². The number of nitrogens with one attached hydrogen (secondary N) is 6. The molecule has 4 rings (SSSR count). The minimum Gasteiger partial charge on any atom is -0.360 e. The molecule has 2 heterocycles. The highest BCUT2D eigenvalue weighted by Gasteiger charge is 2.20. The van der Waals surface area contributed by atoms with E-state index in [4.69, 9.17) is 0 Å². The van der Waals surface area contributed by atoms with Crippen LogP contribution in [0.2, 0.25) is 0 Å². The number of Topliss-reactive ketones (excluding diaryl/α,β-unsaturated/α-hetero) is 2. The van der Waals surface area contributed by atoms with Gasteiger partial charge in [-0.05, 0) is 88.3 Å². The van der Waals surface area contributed by atoms with Crippen LogP contribution >= 0.6 is 0 Å². The molecule has 2 aromatic carbocycles. The van der Waals surface area contributed by atoms with Gasteiger partial charge < -0.3 is 31.2 Å². The van der Waals surface area contributed by atoms with E-state index < -0.39 is 35.0 Å². The van der Waals surface area contributed by atoms with E-state index in [0.29, 0.717) is 60.8 Å². The number of hydrogen-bond donors (Lipinski definition) is 6. The average molecular weight is 581 g/mol. The smallest absolute Gasteiger partial charge is 0.292 e. The average Bonchev–Trinajstić information content (AvgIpc) is 3.59. The second-order valence-corrected chi connectivity index (χ2v) is 9.87. The molecule has 0 fully saturated rings. The molecule has 2 aromatic heterocycles. The van der Waals surface area contributed by atoms with Crippen LogP contribution in [-0.2, 0) is 9.59 Å². The summed E-state index contributed by atoms with van der Waals surface area (Å²) in [6.45, 7) is 3.75. The number of fused-ring (bicyclic) bond motifs is 2. The Morgan fingerprint density at radius 3 is 1.40 bits per heavy atom. The molecular formula is C30H34F2N6O4. The lowest BCUT2D eigenvalue weighted by Gasteiger charge is -2.08. The standard InChI is InChI=1S/C30H34F2N6O4/c31-19-5-7-21-23(17-37-25(21)15-19)27(39)29(41)35-13-3-11-33-9-1-2-10-34-12-4-14-36-30(42)28(40)24-18-38-26-16-20(32)6-8-22(24)26/h5-8,15-18,33-34,37-38H,1-4,9-14H2,(H,35,41)(H,36,42).